The van der Waals surface area contributed by atoms with Crippen LogP contribution >= 0.6 is 0 Å². The van der Waals surface area contributed by atoms with Crippen molar-refractivity contribution in [1.82, 2.24) is 4.57 Å². The highest BCUT2D eigenvalue weighted by molar-refractivity contribution is 6.17. The standard InChI is InChI=1S/C30H18N2O2/c1-2-10-19(11-3-1)31-21-13-5-4-12-20(21)28-24(31)18-27-29-30(28)34-26-17-9-7-15-23(26)32(29)22-14-6-8-16-25(22)33-27/h1-18H. The predicted molar refractivity (Wildman–Crippen MR) is 136 cm³/mol. The van der Waals surface area contributed by atoms with Crippen LogP contribution < -0.4 is 14.4 Å². The summed E-state index contributed by atoms with van der Waals surface area (Å²) in [6.07, 6.45) is 0. The van der Waals surface area contributed by atoms with E-state index in [4.69, 9.17) is 9.47 Å². The van der Waals surface area contributed by atoms with E-state index < -0.39 is 0 Å². The first-order valence-electron chi connectivity index (χ1n) is 11.4. The number of anilines is 3. The molecular formula is C30H18N2O2. The third-order valence-electron chi connectivity index (χ3n) is 6.74. The fourth-order valence-corrected chi connectivity index (χ4v) is 5.36. The van der Waals surface area contributed by atoms with Gasteiger partial charge in [-0.15, -0.1) is 0 Å². The summed E-state index contributed by atoms with van der Waals surface area (Å²) in [5.74, 6) is 3.28. The Kier molecular flexibility index (Phi) is 3.36. The van der Waals surface area contributed by atoms with E-state index >= 15 is 0 Å². The molecule has 8 rings (SSSR count). The summed E-state index contributed by atoms with van der Waals surface area (Å²) in [5.41, 5.74) is 6.26. The van der Waals surface area contributed by atoms with Crippen molar-refractivity contribution in [2.24, 2.45) is 0 Å². The monoisotopic (exact) mass is 438 g/mol. The Hall–Kier alpha value is -4.70. The SMILES string of the molecule is c1ccc(-n2c3ccccc3c3c4c5c(cc32)Oc2ccccc2N5c2ccccc2O4)cc1. The van der Waals surface area contributed by atoms with Crippen LogP contribution in [0.15, 0.2) is 109 Å². The highest BCUT2D eigenvalue weighted by Gasteiger charge is 2.37. The van der Waals surface area contributed by atoms with E-state index in [0.717, 1.165) is 67.6 Å². The molecule has 0 radical (unpaired) electrons. The van der Waals surface area contributed by atoms with E-state index in [1.54, 1.807) is 0 Å². The van der Waals surface area contributed by atoms with Gasteiger partial charge in [0.1, 0.15) is 5.69 Å². The Morgan fingerprint density at radius 1 is 0.529 bits per heavy atom. The van der Waals surface area contributed by atoms with Gasteiger partial charge in [0.05, 0.1) is 27.8 Å². The zero-order valence-corrected chi connectivity index (χ0v) is 18.1. The van der Waals surface area contributed by atoms with Gasteiger partial charge in [-0.25, -0.2) is 0 Å². The number of rotatable bonds is 1. The van der Waals surface area contributed by atoms with Crippen LogP contribution in [0.5, 0.6) is 23.0 Å². The molecule has 3 heterocycles. The summed E-state index contributed by atoms with van der Waals surface area (Å²) in [5, 5.41) is 2.23. The topological polar surface area (TPSA) is 26.6 Å². The van der Waals surface area contributed by atoms with Crippen LogP contribution in [0.4, 0.5) is 17.1 Å². The third-order valence-corrected chi connectivity index (χ3v) is 6.74. The summed E-state index contributed by atoms with van der Waals surface area (Å²) in [7, 11) is 0. The molecule has 0 N–H and O–H groups in total. The molecule has 4 nitrogen and oxygen atoms in total. The minimum Gasteiger partial charge on any atom is -0.453 e. The van der Waals surface area contributed by atoms with E-state index in [0.29, 0.717) is 0 Å². The second kappa shape index (κ2) is 6.42. The van der Waals surface area contributed by atoms with Crippen molar-refractivity contribution in [1.29, 1.82) is 0 Å². The molecule has 0 spiro atoms. The Morgan fingerprint density at radius 2 is 1.18 bits per heavy atom. The number of ether oxygens (including phenoxy) is 2. The maximum Gasteiger partial charge on any atom is 0.165 e. The van der Waals surface area contributed by atoms with Crippen molar-refractivity contribution in [2.45, 2.75) is 0 Å². The van der Waals surface area contributed by atoms with E-state index in [1.165, 1.54) is 0 Å². The van der Waals surface area contributed by atoms with Gasteiger partial charge in [0.15, 0.2) is 23.0 Å². The van der Waals surface area contributed by atoms with Crippen LogP contribution in [-0.4, -0.2) is 4.57 Å². The molecule has 4 heteroatoms. The molecule has 0 saturated carbocycles. The van der Waals surface area contributed by atoms with Crippen molar-refractivity contribution < 1.29 is 9.47 Å². The number of nitrogens with zero attached hydrogens (tertiary/aromatic N) is 2. The zero-order chi connectivity index (χ0) is 22.2. The van der Waals surface area contributed by atoms with Crippen molar-refractivity contribution in [3.05, 3.63) is 109 Å². The van der Waals surface area contributed by atoms with E-state index in [1.807, 2.05) is 42.5 Å². The van der Waals surface area contributed by atoms with Gasteiger partial charge < -0.3 is 14.0 Å². The van der Waals surface area contributed by atoms with Gasteiger partial charge in [-0.05, 0) is 42.5 Å². The molecule has 0 bridgehead atoms. The summed E-state index contributed by atoms with van der Waals surface area (Å²) >= 11 is 0. The molecule has 0 unspecified atom stereocenters. The maximum atomic E-state index is 6.67. The highest BCUT2D eigenvalue weighted by atomic mass is 16.5. The number of fused-ring (bicyclic) bond motifs is 8. The average molecular weight is 438 g/mol. The summed E-state index contributed by atoms with van der Waals surface area (Å²) in [6, 6.07) is 37.5. The maximum absolute atomic E-state index is 6.67. The first-order chi connectivity index (χ1) is 16.9. The smallest absolute Gasteiger partial charge is 0.165 e. The van der Waals surface area contributed by atoms with Gasteiger partial charge in [0.25, 0.3) is 0 Å². The molecule has 34 heavy (non-hydrogen) atoms. The molecule has 6 aromatic rings. The summed E-state index contributed by atoms with van der Waals surface area (Å²) in [6.45, 7) is 0. The van der Waals surface area contributed by atoms with E-state index in [-0.39, 0.29) is 0 Å². The normalized spacial score (nSPS) is 13.1. The Labute approximate surface area is 195 Å². The van der Waals surface area contributed by atoms with Gasteiger partial charge in [0.2, 0.25) is 0 Å². The third kappa shape index (κ3) is 2.22. The fraction of sp³-hybridized carbons (Fsp3) is 0. The zero-order valence-electron chi connectivity index (χ0n) is 18.1. The van der Waals surface area contributed by atoms with Crippen LogP contribution in [0.3, 0.4) is 0 Å². The van der Waals surface area contributed by atoms with Crippen molar-refractivity contribution in [3.8, 4) is 28.7 Å². The lowest BCUT2D eigenvalue weighted by atomic mass is 10.0. The molecule has 5 aromatic carbocycles. The predicted octanol–water partition coefficient (Wildman–Crippen LogP) is 8.46. The van der Waals surface area contributed by atoms with Crippen molar-refractivity contribution >= 4 is 38.9 Å². The van der Waals surface area contributed by atoms with Gasteiger partial charge >= 0.3 is 0 Å². The largest absolute Gasteiger partial charge is 0.453 e. The quantitative estimate of drug-likeness (QED) is 0.257. The van der Waals surface area contributed by atoms with E-state index in [2.05, 4.69) is 76.2 Å². The van der Waals surface area contributed by atoms with E-state index in [9.17, 15) is 0 Å². The lowest BCUT2D eigenvalue weighted by molar-refractivity contribution is 0.450. The minimum absolute atomic E-state index is 0.788. The highest BCUT2D eigenvalue weighted by Crippen LogP contribution is 2.62. The van der Waals surface area contributed by atoms with Crippen LogP contribution in [0, 0.1) is 0 Å². The van der Waals surface area contributed by atoms with Gasteiger partial charge in [-0.2, -0.15) is 0 Å². The number of hydrogen-bond donors (Lipinski definition) is 0. The molecule has 0 fully saturated rings. The van der Waals surface area contributed by atoms with Crippen molar-refractivity contribution in [3.63, 3.8) is 0 Å². The molecule has 0 atom stereocenters. The first kappa shape index (κ1) is 17.8. The fourth-order valence-electron chi connectivity index (χ4n) is 5.36. The molecule has 2 aliphatic rings. The van der Waals surface area contributed by atoms with Crippen LogP contribution in [-0.2, 0) is 0 Å². The molecule has 0 amide bonds. The molecule has 2 aliphatic heterocycles. The second-order valence-corrected chi connectivity index (χ2v) is 8.61. The summed E-state index contributed by atoms with van der Waals surface area (Å²) in [4.78, 5) is 2.27. The minimum atomic E-state index is 0.788. The second-order valence-electron chi connectivity index (χ2n) is 8.61. The van der Waals surface area contributed by atoms with Gasteiger partial charge in [-0.1, -0.05) is 60.7 Å². The first-order valence-corrected chi connectivity index (χ1v) is 11.4. The van der Waals surface area contributed by atoms with Crippen molar-refractivity contribution in [2.75, 3.05) is 4.90 Å². The van der Waals surface area contributed by atoms with Crippen LogP contribution in [0.1, 0.15) is 0 Å². The molecular weight excluding hydrogens is 420 g/mol. The number of para-hydroxylation sites is 6. The number of benzene rings is 5. The molecule has 0 saturated heterocycles. The molecule has 1 aromatic heterocycles. The molecule has 0 aliphatic carbocycles. The van der Waals surface area contributed by atoms with Crippen LogP contribution in [0.25, 0.3) is 27.5 Å². The lowest BCUT2D eigenvalue weighted by Gasteiger charge is -2.38. The van der Waals surface area contributed by atoms with Gasteiger partial charge in [-0.3, -0.25) is 4.90 Å². The summed E-state index contributed by atoms with van der Waals surface area (Å²) < 4.78 is 15.5. The van der Waals surface area contributed by atoms with Gasteiger partial charge in [0, 0.05) is 17.1 Å². The Morgan fingerprint density at radius 3 is 1.97 bits per heavy atom. The molecule has 160 valence electrons. The Bertz CT molecular complexity index is 1760. The number of hydrogen-bond acceptors (Lipinski definition) is 3. The Balaban J connectivity index is 1.56. The number of aromatic nitrogens is 1. The average Bonchev–Trinajstić information content (AvgIpc) is 3.23. The lowest BCUT2D eigenvalue weighted by Crippen LogP contribution is -2.20. The van der Waals surface area contributed by atoms with Crippen LogP contribution in [0.2, 0.25) is 0 Å².